The minimum atomic E-state index is -4.64. The number of fused-ring (bicyclic) bond motifs is 1. The fourth-order valence-corrected chi connectivity index (χ4v) is 2.10. The molecular weight excluding hydrogens is 303 g/mol. The average molecular weight is 310 g/mol. The molecule has 0 N–H and O–H groups in total. The Morgan fingerprint density at radius 3 is 2.57 bits per heavy atom. The first-order valence-electron chi connectivity index (χ1n) is 5.90. The highest BCUT2D eigenvalue weighted by Crippen LogP contribution is 2.30. The first kappa shape index (κ1) is 13.8. The van der Waals surface area contributed by atoms with E-state index in [1.54, 1.807) is 30.5 Å². The molecule has 0 saturated carbocycles. The monoisotopic (exact) mass is 309 g/mol. The van der Waals surface area contributed by atoms with E-state index in [0.29, 0.717) is 11.1 Å². The lowest BCUT2D eigenvalue weighted by Crippen LogP contribution is -2.11. The minimum absolute atomic E-state index is 0.106. The maximum Gasteiger partial charge on any atom is 0.451 e. The molecule has 2 aromatic heterocycles. The number of hydrogen-bond acceptors (Lipinski definition) is 3. The third-order valence-electron chi connectivity index (χ3n) is 2.85. The van der Waals surface area contributed by atoms with Gasteiger partial charge in [0.05, 0.1) is 11.2 Å². The second-order valence-corrected chi connectivity index (χ2v) is 4.70. The number of hydrogen-bond donors (Lipinski definition) is 0. The summed E-state index contributed by atoms with van der Waals surface area (Å²) in [7, 11) is 0. The number of nitrogens with zero attached hydrogens (tertiary/aromatic N) is 3. The third kappa shape index (κ3) is 2.80. The van der Waals surface area contributed by atoms with Crippen molar-refractivity contribution < 1.29 is 13.2 Å². The van der Waals surface area contributed by atoms with Crippen molar-refractivity contribution in [3.05, 3.63) is 53.6 Å². The SMILES string of the molecule is FC(F)(F)c1nc(Cl)cc(-c2ccc3cccnc3c2)n1. The summed E-state index contributed by atoms with van der Waals surface area (Å²) in [5.41, 5.74) is 1.27. The number of halogens is 4. The third-order valence-corrected chi connectivity index (χ3v) is 3.04. The summed E-state index contributed by atoms with van der Waals surface area (Å²) in [5, 5.41) is 0.630. The van der Waals surface area contributed by atoms with Gasteiger partial charge in [-0.15, -0.1) is 0 Å². The van der Waals surface area contributed by atoms with E-state index in [1.165, 1.54) is 6.07 Å². The molecule has 0 saturated heterocycles. The Labute approximate surface area is 122 Å². The Morgan fingerprint density at radius 1 is 1.00 bits per heavy atom. The van der Waals surface area contributed by atoms with Crippen LogP contribution in [0.25, 0.3) is 22.2 Å². The molecule has 106 valence electrons. The molecule has 0 aliphatic rings. The molecule has 0 radical (unpaired) electrons. The number of benzene rings is 1. The summed E-state index contributed by atoms with van der Waals surface area (Å²) in [6.07, 6.45) is -3.03. The molecular formula is C14H7ClF3N3. The maximum atomic E-state index is 12.7. The molecule has 0 atom stereocenters. The Balaban J connectivity index is 2.16. The second-order valence-electron chi connectivity index (χ2n) is 4.31. The number of rotatable bonds is 1. The molecule has 0 unspecified atom stereocenters. The summed E-state index contributed by atoms with van der Waals surface area (Å²) >= 11 is 5.66. The molecule has 21 heavy (non-hydrogen) atoms. The van der Waals surface area contributed by atoms with E-state index >= 15 is 0 Å². The lowest BCUT2D eigenvalue weighted by Gasteiger charge is -2.08. The Kier molecular flexibility index (Phi) is 3.25. The predicted molar refractivity (Wildman–Crippen MR) is 72.8 cm³/mol. The predicted octanol–water partition coefficient (Wildman–Crippen LogP) is 4.36. The fraction of sp³-hybridized carbons (Fsp3) is 0.0714. The molecule has 1 aromatic carbocycles. The van der Waals surface area contributed by atoms with Gasteiger partial charge in [0.25, 0.3) is 0 Å². The Morgan fingerprint density at radius 2 is 1.81 bits per heavy atom. The summed E-state index contributed by atoms with van der Waals surface area (Å²) in [4.78, 5) is 10.9. The van der Waals surface area contributed by atoms with Crippen LogP contribution in [0.4, 0.5) is 13.2 Å². The molecule has 3 aromatic rings. The summed E-state index contributed by atoms with van der Waals surface area (Å²) in [6.45, 7) is 0. The summed E-state index contributed by atoms with van der Waals surface area (Å²) < 4.78 is 38.2. The van der Waals surface area contributed by atoms with Crippen molar-refractivity contribution in [3.8, 4) is 11.3 Å². The number of aromatic nitrogens is 3. The van der Waals surface area contributed by atoms with Crippen molar-refractivity contribution in [2.24, 2.45) is 0 Å². The van der Waals surface area contributed by atoms with E-state index < -0.39 is 12.0 Å². The van der Waals surface area contributed by atoms with Crippen LogP contribution in [-0.4, -0.2) is 15.0 Å². The standard InChI is InChI=1S/C14H7ClF3N3/c15-12-7-11(20-13(21-12)14(16,17)18)9-4-3-8-2-1-5-19-10(8)6-9/h1-7H. The molecule has 2 heterocycles. The molecule has 0 spiro atoms. The molecule has 0 aliphatic heterocycles. The van der Waals surface area contributed by atoms with Crippen molar-refractivity contribution in [3.63, 3.8) is 0 Å². The normalized spacial score (nSPS) is 11.8. The van der Waals surface area contributed by atoms with Gasteiger partial charge in [0.15, 0.2) is 0 Å². The zero-order valence-electron chi connectivity index (χ0n) is 10.4. The molecule has 3 nitrogen and oxygen atoms in total. The van der Waals surface area contributed by atoms with E-state index in [9.17, 15) is 13.2 Å². The molecule has 0 fully saturated rings. The van der Waals surface area contributed by atoms with Crippen molar-refractivity contribution in [1.82, 2.24) is 15.0 Å². The molecule has 3 rings (SSSR count). The van der Waals surface area contributed by atoms with E-state index in [4.69, 9.17) is 11.6 Å². The van der Waals surface area contributed by atoms with Gasteiger partial charge in [-0.3, -0.25) is 4.98 Å². The zero-order chi connectivity index (χ0) is 15.0. The van der Waals surface area contributed by atoms with Crippen LogP contribution in [0.1, 0.15) is 5.82 Å². The topological polar surface area (TPSA) is 38.7 Å². The lowest BCUT2D eigenvalue weighted by atomic mass is 10.1. The lowest BCUT2D eigenvalue weighted by molar-refractivity contribution is -0.144. The van der Waals surface area contributed by atoms with Crippen LogP contribution in [-0.2, 0) is 6.18 Å². The molecule has 0 amide bonds. The van der Waals surface area contributed by atoms with Crippen molar-refractivity contribution in [2.45, 2.75) is 6.18 Å². The van der Waals surface area contributed by atoms with E-state index in [1.807, 2.05) is 6.07 Å². The van der Waals surface area contributed by atoms with Gasteiger partial charge in [-0.2, -0.15) is 13.2 Å². The van der Waals surface area contributed by atoms with Gasteiger partial charge in [-0.05, 0) is 12.1 Å². The molecule has 0 aliphatic carbocycles. The van der Waals surface area contributed by atoms with Crippen LogP contribution >= 0.6 is 11.6 Å². The van der Waals surface area contributed by atoms with Crippen LogP contribution in [0.2, 0.25) is 5.15 Å². The molecule has 0 bridgehead atoms. The summed E-state index contributed by atoms with van der Waals surface area (Å²) in [5.74, 6) is -1.26. The Bertz CT molecular complexity index is 818. The van der Waals surface area contributed by atoms with Gasteiger partial charge < -0.3 is 0 Å². The van der Waals surface area contributed by atoms with Crippen LogP contribution in [0, 0.1) is 0 Å². The second kappa shape index (κ2) is 4.96. The smallest absolute Gasteiger partial charge is 0.256 e. The average Bonchev–Trinajstić information content (AvgIpc) is 2.45. The highest BCUT2D eigenvalue weighted by molar-refractivity contribution is 6.29. The summed E-state index contributed by atoms with van der Waals surface area (Å²) in [6, 6.07) is 10.0. The van der Waals surface area contributed by atoms with Crippen LogP contribution in [0.3, 0.4) is 0 Å². The van der Waals surface area contributed by atoms with Gasteiger partial charge in [-0.1, -0.05) is 29.8 Å². The van der Waals surface area contributed by atoms with Gasteiger partial charge in [0, 0.05) is 23.2 Å². The van der Waals surface area contributed by atoms with Crippen LogP contribution in [0.5, 0.6) is 0 Å². The fourth-order valence-electron chi connectivity index (χ4n) is 1.92. The highest BCUT2D eigenvalue weighted by Gasteiger charge is 2.35. The number of pyridine rings is 1. The maximum absolute atomic E-state index is 12.7. The van der Waals surface area contributed by atoms with Gasteiger partial charge in [-0.25, -0.2) is 9.97 Å². The minimum Gasteiger partial charge on any atom is -0.256 e. The molecule has 7 heteroatoms. The highest BCUT2D eigenvalue weighted by atomic mass is 35.5. The van der Waals surface area contributed by atoms with Gasteiger partial charge >= 0.3 is 6.18 Å². The van der Waals surface area contributed by atoms with E-state index in [-0.39, 0.29) is 10.8 Å². The quantitative estimate of drug-likeness (QED) is 0.627. The van der Waals surface area contributed by atoms with Crippen molar-refractivity contribution in [2.75, 3.05) is 0 Å². The van der Waals surface area contributed by atoms with Gasteiger partial charge in [0.1, 0.15) is 5.15 Å². The zero-order valence-corrected chi connectivity index (χ0v) is 11.2. The number of alkyl halides is 3. The van der Waals surface area contributed by atoms with E-state index in [2.05, 4.69) is 15.0 Å². The first-order valence-corrected chi connectivity index (χ1v) is 6.28. The van der Waals surface area contributed by atoms with E-state index in [0.717, 1.165) is 5.39 Å². The van der Waals surface area contributed by atoms with Crippen LogP contribution in [0.15, 0.2) is 42.6 Å². The van der Waals surface area contributed by atoms with Gasteiger partial charge in [0.2, 0.25) is 5.82 Å². The Hall–Kier alpha value is -2.21. The largest absolute Gasteiger partial charge is 0.451 e. The first-order chi connectivity index (χ1) is 9.93. The van der Waals surface area contributed by atoms with Crippen LogP contribution < -0.4 is 0 Å². The van der Waals surface area contributed by atoms with Crippen molar-refractivity contribution in [1.29, 1.82) is 0 Å². The van der Waals surface area contributed by atoms with Crippen molar-refractivity contribution >= 4 is 22.5 Å².